The molecule has 3 aromatic rings. The van der Waals surface area contributed by atoms with Crippen LogP contribution in [0.25, 0.3) is 0 Å². The maximum Gasteiger partial charge on any atom is 0.257 e. The number of hydrogen-bond acceptors (Lipinski definition) is 4. The van der Waals surface area contributed by atoms with E-state index in [0.29, 0.717) is 0 Å². The molecular weight excluding hydrogens is 396 g/mol. The van der Waals surface area contributed by atoms with Gasteiger partial charge >= 0.3 is 0 Å². The van der Waals surface area contributed by atoms with E-state index in [2.05, 4.69) is 63.4 Å². The molecule has 0 fully saturated rings. The number of para-hydroxylation sites is 1. The predicted molar refractivity (Wildman–Crippen MR) is 134 cm³/mol. The van der Waals surface area contributed by atoms with Gasteiger partial charge < -0.3 is 9.80 Å². The van der Waals surface area contributed by atoms with E-state index in [1.807, 2.05) is 65.4 Å². The number of anilines is 3. The van der Waals surface area contributed by atoms with Crippen molar-refractivity contribution in [1.29, 1.82) is 0 Å². The Kier molecular flexibility index (Phi) is 5.99. The SMILES string of the molecule is CC1=NN(c2ccccc2)C(=O)[C@@H]1C(c1ccc(N(C)C)cc1)c1ccc(N(C)C)cc1. The quantitative estimate of drug-likeness (QED) is 0.557. The number of carbonyl (C=O) groups excluding carboxylic acids is 1. The van der Waals surface area contributed by atoms with Gasteiger partial charge in [-0.05, 0) is 54.4 Å². The van der Waals surface area contributed by atoms with Crippen molar-refractivity contribution in [2.24, 2.45) is 11.0 Å². The lowest BCUT2D eigenvalue weighted by Gasteiger charge is -2.26. The van der Waals surface area contributed by atoms with Gasteiger partial charge in [-0.15, -0.1) is 0 Å². The Labute approximate surface area is 190 Å². The Balaban J connectivity index is 1.77. The first-order chi connectivity index (χ1) is 15.4. The van der Waals surface area contributed by atoms with Crippen molar-refractivity contribution >= 4 is 28.7 Å². The summed E-state index contributed by atoms with van der Waals surface area (Å²) in [6.07, 6.45) is 0. The molecule has 1 heterocycles. The number of rotatable bonds is 6. The highest BCUT2D eigenvalue weighted by atomic mass is 16.2. The van der Waals surface area contributed by atoms with Gasteiger partial charge in [-0.25, -0.2) is 5.01 Å². The van der Waals surface area contributed by atoms with Gasteiger partial charge in [0, 0.05) is 51.2 Å². The van der Waals surface area contributed by atoms with Crippen LogP contribution in [0.2, 0.25) is 0 Å². The third-order valence-corrected chi connectivity index (χ3v) is 6.05. The van der Waals surface area contributed by atoms with Gasteiger partial charge in [0.1, 0.15) is 0 Å². The number of hydrazone groups is 1. The number of benzene rings is 3. The second-order valence-corrected chi connectivity index (χ2v) is 8.65. The van der Waals surface area contributed by atoms with Crippen molar-refractivity contribution in [3.8, 4) is 0 Å². The second kappa shape index (κ2) is 8.87. The maximum absolute atomic E-state index is 13.6. The molecule has 0 spiro atoms. The molecule has 32 heavy (non-hydrogen) atoms. The first-order valence-electron chi connectivity index (χ1n) is 10.9. The highest BCUT2D eigenvalue weighted by Crippen LogP contribution is 2.39. The van der Waals surface area contributed by atoms with E-state index in [1.54, 1.807) is 5.01 Å². The molecule has 0 saturated heterocycles. The molecule has 5 heteroatoms. The highest BCUT2D eigenvalue weighted by Gasteiger charge is 2.41. The van der Waals surface area contributed by atoms with Gasteiger partial charge in [-0.3, -0.25) is 4.79 Å². The second-order valence-electron chi connectivity index (χ2n) is 8.65. The van der Waals surface area contributed by atoms with Crippen molar-refractivity contribution in [3.05, 3.63) is 90.0 Å². The summed E-state index contributed by atoms with van der Waals surface area (Å²) in [5.74, 6) is -0.468. The van der Waals surface area contributed by atoms with E-state index in [1.165, 1.54) is 0 Å². The van der Waals surface area contributed by atoms with Crippen LogP contribution in [0.1, 0.15) is 24.0 Å². The first-order valence-corrected chi connectivity index (χ1v) is 10.9. The third-order valence-electron chi connectivity index (χ3n) is 6.05. The summed E-state index contributed by atoms with van der Waals surface area (Å²) in [6, 6.07) is 26.6. The summed E-state index contributed by atoms with van der Waals surface area (Å²) in [4.78, 5) is 17.8. The van der Waals surface area contributed by atoms with Crippen molar-refractivity contribution in [3.63, 3.8) is 0 Å². The van der Waals surface area contributed by atoms with Gasteiger partial charge in [0.25, 0.3) is 5.91 Å². The maximum atomic E-state index is 13.6. The molecule has 0 aromatic heterocycles. The van der Waals surface area contributed by atoms with Crippen LogP contribution in [0, 0.1) is 5.92 Å². The minimum Gasteiger partial charge on any atom is -0.378 e. The molecule has 0 radical (unpaired) electrons. The van der Waals surface area contributed by atoms with Crippen LogP contribution in [0.4, 0.5) is 17.1 Å². The lowest BCUT2D eigenvalue weighted by atomic mass is 9.78. The van der Waals surface area contributed by atoms with Crippen molar-refractivity contribution in [2.45, 2.75) is 12.8 Å². The average Bonchev–Trinajstić information content (AvgIpc) is 3.09. The zero-order valence-corrected chi connectivity index (χ0v) is 19.4. The third kappa shape index (κ3) is 4.11. The summed E-state index contributed by atoms with van der Waals surface area (Å²) in [5.41, 5.74) is 6.10. The van der Waals surface area contributed by atoms with Crippen LogP contribution in [0.5, 0.6) is 0 Å². The van der Waals surface area contributed by atoms with Gasteiger partial charge in [-0.2, -0.15) is 5.10 Å². The fraction of sp³-hybridized carbons (Fsp3) is 0.259. The molecule has 1 amide bonds. The molecule has 0 N–H and O–H groups in total. The molecule has 4 rings (SSSR count). The number of carbonyl (C=O) groups is 1. The molecule has 1 aliphatic heterocycles. The Bertz CT molecular complexity index is 1050. The van der Waals surface area contributed by atoms with Gasteiger partial charge in [-0.1, -0.05) is 42.5 Å². The van der Waals surface area contributed by atoms with Gasteiger partial charge in [0.2, 0.25) is 0 Å². The van der Waals surface area contributed by atoms with Crippen LogP contribution in [-0.4, -0.2) is 39.8 Å². The van der Waals surface area contributed by atoms with Crippen LogP contribution in [0.15, 0.2) is 84.0 Å². The minimum absolute atomic E-state index is 0.00655. The molecule has 0 unspecified atom stereocenters. The zero-order chi connectivity index (χ0) is 22.8. The summed E-state index contributed by atoms with van der Waals surface area (Å²) in [7, 11) is 8.12. The lowest BCUT2D eigenvalue weighted by Crippen LogP contribution is -2.32. The number of hydrogen-bond donors (Lipinski definition) is 0. The molecule has 0 saturated carbocycles. The van der Waals surface area contributed by atoms with E-state index in [-0.39, 0.29) is 17.7 Å². The largest absolute Gasteiger partial charge is 0.378 e. The Hall–Kier alpha value is -3.60. The lowest BCUT2D eigenvalue weighted by molar-refractivity contribution is -0.120. The molecule has 0 bridgehead atoms. The Morgan fingerprint density at radius 3 is 1.66 bits per heavy atom. The summed E-state index contributed by atoms with van der Waals surface area (Å²) < 4.78 is 0. The normalized spacial score (nSPS) is 15.8. The molecule has 164 valence electrons. The van der Waals surface area contributed by atoms with E-state index in [0.717, 1.165) is 33.9 Å². The fourth-order valence-corrected chi connectivity index (χ4v) is 4.25. The van der Waals surface area contributed by atoms with E-state index >= 15 is 0 Å². The van der Waals surface area contributed by atoms with Crippen LogP contribution in [0.3, 0.4) is 0 Å². The average molecular weight is 427 g/mol. The Morgan fingerprint density at radius 1 is 0.750 bits per heavy atom. The van der Waals surface area contributed by atoms with Gasteiger partial charge in [0.15, 0.2) is 0 Å². The van der Waals surface area contributed by atoms with Crippen LogP contribution < -0.4 is 14.8 Å². The molecule has 0 aliphatic carbocycles. The number of amides is 1. The minimum atomic E-state index is -0.356. The smallest absolute Gasteiger partial charge is 0.257 e. The fourth-order valence-electron chi connectivity index (χ4n) is 4.25. The van der Waals surface area contributed by atoms with Crippen LogP contribution in [-0.2, 0) is 4.79 Å². The predicted octanol–water partition coefficient (Wildman–Crippen LogP) is 4.99. The van der Waals surface area contributed by atoms with E-state index in [4.69, 9.17) is 0 Å². The van der Waals surface area contributed by atoms with Crippen molar-refractivity contribution in [1.82, 2.24) is 0 Å². The van der Waals surface area contributed by atoms with E-state index in [9.17, 15) is 4.79 Å². The standard InChI is InChI=1S/C27H30N4O/c1-19-25(27(32)31(28-19)24-9-7-6-8-10-24)26(20-11-15-22(16-12-20)29(2)3)21-13-17-23(18-14-21)30(4)5/h6-18,25-26H,1-5H3/t25-/m0/s1. The molecular formula is C27H30N4O. The summed E-state index contributed by atoms with van der Waals surface area (Å²) in [5, 5.41) is 6.22. The number of nitrogens with zero attached hydrogens (tertiary/aromatic N) is 4. The molecule has 1 aliphatic rings. The highest BCUT2D eigenvalue weighted by molar-refractivity contribution is 6.15. The summed E-state index contributed by atoms with van der Waals surface area (Å²) >= 11 is 0. The van der Waals surface area contributed by atoms with Gasteiger partial charge in [0.05, 0.1) is 11.6 Å². The molecule has 1 atom stereocenters. The van der Waals surface area contributed by atoms with Crippen molar-refractivity contribution < 1.29 is 4.79 Å². The Morgan fingerprint density at radius 2 is 1.22 bits per heavy atom. The van der Waals surface area contributed by atoms with Crippen LogP contribution >= 0.6 is 0 Å². The molecule has 5 nitrogen and oxygen atoms in total. The van der Waals surface area contributed by atoms with E-state index < -0.39 is 0 Å². The topological polar surface area (TPSA) is 39.2 Å². The van der Waals surface area contributed by atoms with Crippen molar-refractivity contribution in [2.75, 3.05) is 43.0 Å². The zero-order valence-electron chi connectivity index (χ0n) is 19.4. The summed E-state index contributed by atoms with van der Waals surface area (Å²) in [6.45, 7) is 1.96. The monoisotopic (exact) mass is 426 g/mol. The molecule has 3 aromatic carbocycles. The first kappa shape index (κ1) is 21.6.